The van der Waals surface area contributed by atoms with E-state index in [0.717, 1.165) is 31.7 Å². The van der Waals surface area contributed by atoms with Gasteiger partial charge in [-0.05, 0) is 7.05 Å². The van der Waals surface area contributed by atoms with Gasteiger partial charge >= 0.3 is 0 Å². The van der Waals surface area contributed by atoms with E-state index in [9.17, 15) is 4.79 Å². The molecule has 1 saturated heterocycles. The third-order valence-corrected chi connectivity index (χ3v) is 3.75. The van der Waals surface area contributed by atoms with Crippen LogP contribution in [0.3, 0.4) is 0 Å². The topological polar surface area (TPSA) is 52.6 Å². The molecule has 3 heterocycles. The molecule has 100 valence electrons. The number of likely N-dealkylation sites (N-methyl/N-ethyl adjacent to an activating group) is 2. The average molecular weight is 259 g/mol. The van der Waals surface area contributed by atoms with E-state index in [1.165, 1.54) is 0 Å². The molecule has 6 heteroatoms. The zero-order valence-corrected chi connectivity index (χ0v) is 11.3. The molecule has 0 aliphatic carbocycles. The number of hydrogen-bond donors (Lipinski definition) is 0. The van der Waals surface area contributed by atoms with Crippen molar-refractivity contribution in [2.24, 2.45) is 0 Å². The number of carbonyl (C=O) groups excluding carboxylic acids is 1. The van der Waals surface area contributed by atoms with Crippen LogP contribution in [0, 0.1) is 0 Å². The van der Waals surface area contributed by atoms with Gasteiger partial charge in [0.25, 0.3) is 5.91 Å². The van der Waals surface area contributed by atoms with E-state index in [4.69, 9.17) is 0 Å². The highest BCUT2D eigenvalue weighted by molar-refractivity contribution is 6.31. The predicted octanol–water partition coefficient (Wildman–Crippen LogP) is 0.218. The summed E-state index contributed by atoms with van der Waals surface area (Å²) in [4.78, 5) is 26.7. The van der Waals surface area contributed by atoms with Gasteiger partial charge in [-0.1, -0.05) is 6.58 Å². The lowest BCUT2D eigenvalue weighted by atomic mass is 10.2. The Morgan fingerprint density at radius 3 is 2.58 bits per heavy atom. The lowest BCUT2D eigenvalue weighted by Gasteiger charge is -2.32. The van der Waals surface area contributed by atoms with E-state index in [-0.39, 0.29) is 5.91 Å². The fourth-order valence-electron chi connectivity index (χ4n) is 2.41. The summed E-state index contributed by atoms with van der Waals surface area (Å²) in [5.41, 5.74) is 1.22. The third kappa shape index (κ3) is 1.88. The summed E-state index contributed by atoms with van der Waals surface area (Å²) >= 11 is 0. The minimum atomic E-state index is -0.0974. The fraction of sp³-hybridized carbons (Fsp3) is 0.462. The van der Waals surface area contributed by atoms with Crippen LogP contribution in [-0.4, -0.2) is 61.0 Å². The largest absolute Gasteiger partial charge is 0.338 e. The Morgan fingerprint density at radius 1 is 1.21 bits per heavy atom. The minimum Gasteiger partial charge on any atom is -0.338 e. The molecule has 0 unspecified atom stereocenters. The van der Waals surface area contributed by atoms with Crippen molar-refractivity contribution in [2.45, 2.75) is 0 Å². The van der Waals surface area contributed by atoms with Crippen LogP contribution >= 0.6 is 0 Å². The number of carbonyl (C=O) groups is 1. The highest BCUT2D eigenvalue weighted by atomic mass is 16.2. The Bertz CT molecular complexity index is 548. The molecule has 1 aromatic rings. The van der Waals surface area contributed by atoms with E-state index >= 15 is 0 Å². The first kappa shape index (κ1) is 12.1. The van der Waals surface area contributed by atoms with Crippen molar-refractivity contribution in [2.75, 3.05) is 50.1 Å². The molecule has 1 fully saturated rings. The molecule has 0 aromatic carbocycles. The summed E-state index contributed by atoms with van der Waals surface area (Å²) in [6, 6.07) is 0. The Hall–Kier alpha value is -1.95. The molecule has 1 amide bonds. The van der Waals surface area contributed by atoms with Gasteiger partial charge in [-0.2, -0.15) is 4.98 Å². The van der Waals surface area contributed by atoms with E-state index in [1.807, 2.05) is 0 Å². The van der Waals surface area contributed by atoms with Crippen molar-refractivity contribution < 1.29 is 4.79 Å². The standard InChI is InChI=1S/C13H17N5O/c1-9-10-8-14-13(15-11(10)17(3)12(9)19)18-6-4-16(2)5-7-18/h8H,1,4-7H2,2-3H3. The normalized spacial score (nSPS) is 20.1. The van der Waals surface area contributed by atoms with Gasteiger partial charge in [0.1, 0.15) is 5.82 Å². The van der Waals surface area contributed by atoms with Gasteiger partial charge in [-0.25, -0.2) is 4.98 Å². The van der Waals surface area contributed by atoms with Crippen molar-refractivity contribution in [3.8, 4) is 0 Å². The van der Waals surface area contributed by atoms with Gasteiger partial charge in [0.15, 0.2) is 0 Å². The molecule has 0 bridgehead atoms. The van der Waals surface area contributed by atoms with Crippen LogP contribution in [-0.2, 0) is 4.79 Å². The van der Waals surface area contributed by atoms with Gasteiger partial charge < -0.3 is 9.80 Å². The minimum absolute atomic E-state index is 0.0974. The summed E-state index contributed by atoms with van der Waals surface area (Å²) in [7, 11) is 3.83. The van der Waals surface area contributed by atoms with E-state index in [1.54, 1.807) is 18.1 Å². The highest BCUT2D eigenvalue weighted by Crippen LogP contribution is 2.33. The molecule has 2 aliphatic rings. The Balaban J connectivity index is 1.91. The van der Waals surface area contributed by atoms with E-state index in [0.29, 0.717) is 17.3 Å². The van der Waals surface area contributed by atoms with Crippen molar-refractivity contribution >= 4 is 23.2 Å². The molecule has 0 N–H and O–H groups in total. The summed E-state index contributed by atoms with van der Waals surface area (Å²) in [6.07, 6.45) is 1.71. The monoisotopic (exact) mass is 259 g/mol. The van der Waals surface area contributed by atoms with E-state index < -0.39 is 0 Å². The second kappa shape index (κ2) is 4.31. The Morgan fingerprint density at radius 2 is 1.89 bits per heavy atom. The molecule has 0 saturated carbocycles. The zero-order valence-electron chi connectivity index (χ0n) is 11.3. The Labute approximate surface area is 112 Å². The van der Waals surface area contributed by atoms with Crippen LogP contribution in [0.4, 0.5) is 11.8 Å². The SMILES string of the molecule is C=C1C(=O)N(C)c2nc(N3CCN(C)CC3)ncc21. The summed E-state index contributed by atoms with van der Waals surface area (Å²) in [5, 5.41) is 0. The summed E-state index contributed by atoms with van der Waals surface area (Å²) in [5.74, 6) is 1.26. The molecular weight excluding hydrogens is 242 g/mol. The number of rotatable bonds is 1. The fourth-order valence-corrected chi connectivity index (χ4v) is 2.41. The average Bonchev–Trinajstić information content (AvgIpc) is 2.64. The molecule has 2 aliphatic heterocycles. The van der Waals surface area contributed by atoms with Gasteiger partial charge in [-0.15, -0.1) is 0 Å². The van der Waals surface area contributed by atoms with Crippen LogP contribution in [0.5, 0.6) is 0 Å². The van der Waals surface area contributed by atoms with E-state index in [2.05, 4.69) is 33.4 Å². The number of aromatic nitrogens is 2. The van der Waals surface area contributed by atoms with Crippen molar-refractivity contribution in [3.63, 3.8) is 0 Å². The number of hydrogen-bond acceptors (Lipinski definition) is 5. The lowest BCUT2D eigenvalue weighted by Crippen LogP contribution is -2.45. The summed E-state index contributed by atoms with van der Waals surface area (Å²) in [6.45, 7) is 7.61. The first-order valence-corrected chi connectivity index (χ1v) is 6.36. The van der Waals surface area contributed by atoms with Gasteiger partial charge in [0.05, 0.1) is 0 Å². The third-order valence-electron chi connectivity index (χ3n) is 3.75. The molecule has 0 radical (unpaired) electrons. The summed E-state index contributed by atoms with van der Waals surface area (Å²) < 4.78 is 0. The van der Waals surface area contributed by atoms with Crippen LogP contribution in [0.25, 0.3) is 5.57 Å². The molecule has 0 spiro atoms. The first-order chi connectivity index (χ1) is 9.08. The van der Waals surface area contributed by atoms with Gasteiger partial charge in [0, 0.05) is 50.6 Å². The molecule has 1 aromatic heterocycles. The smallest absolute Gasteiger partial charge is 0.259 e. The number of piperazine rings is 1. The van der Waals surface area contributed by atoms with Crippen LogP contribution in [0.15, 0.2) is 12.8 Å². The van der Waals surface area contributed by atoms with Crippen molar-refractivity contribution in [1.29, 1.82) is 0 Å². The molecule has 3 rings (SSSR count). The highest BCUT2D eigenvalue weighted by Gasteiger charge is 2.31. The van der Waals surface area contributed by atoms with Gasteiger partial charge in [-0.3, -0.25) is 9.69 Å². The first-order valence-electron chi connectivity index (χ1n) is 6.36. The van der Waals surface area contributed by atoms with Crippen LogP contribution < -0.4 is 9.80 Å². The molecule has 6 nitrogen and oxygen atoms in total. The Kier molecular flexibility index (Phi) is 2.74. The number of anilines is 2. The number of fused-ring (bicyclic) bond motifs is 1. The van der Waals surface area contributed by atoms with Crippen LogP contribution in [0.1, 0.15) is 5.56 Å². The quantitative estimate of drug-likeness (QED) is 0.675. The second-order valence-corrected chi connectivity index (χ2v) is 5.04. The maximum absolute atomic E-state index is 11.8. The van der Waals surface area contributed by atoms with Gasteiger partial charge in [0.2, 0.25) is 5.95 Å². The maximum atomic E-state index is 11.8. The lowest BCUT2D eigenvalue weighted by molar-refractivity contribution is -0.112. The number of nitrogens with zero attached hydrogens (tertiary/aromatic N) is 5. The second-order valence-electron chi connectivity index (χ2n) is 5.04. The number of amides is 1. The predicted molar refractivity (Wildman–Crippen MR) is 74.2 cm³/mol. The molecule has 19 heavy (non-hydrogen) atoms. The molecular formula is C13H17N5O. The van der Waals surface area contributed by atoms with Crippen molar-refractivity contribution in [1.82, 2.24) is 14.9 Å². The maximum Gasteiger partial charge on any atom is 0.259 e. The molecule has 0 atom stereocenters. The van der Waals surface area contributed by atoms with Crippen molar-refractivity contribution in [3.05, 3.63) is 18.3 Å². The van der Waals surface area contributed by atoms with Crippen LogP contribution in [0.2, 0.25) is 0 Å². The zero-order chi connectivity index (χ0) is 13.6.